The SMILES string of the molecule is CC(=O)Nc1cc(NC(=O)c2cccc(S(=O)(=O)NCC3CC3)c2)ccc1F. The van der Waals surface area contributed by atoms with Gasteiger partial charge < -0.3 is 10.6 Å². The molecule has 3 N–H and O–H groups in total. The number of sulfonamides is 1. The van der Waals surface area contributed by atoms with Gasteiger partial charge in [0.25, 0.3) is 5.91 Å². The molecule has 3 rings (SSSR count). The van der Waals surface area contributed by atoms with E-state index in [1.807, 2.05) is 0 Å². The molecule has 7 nitrogen and oxygen atoms in total. The maximum Gasteiger partial charge on any atom is 0.255 e. The third-order valence-electron chi connectivity index (χ3n) is 4.20. The maximum atomic E-state index is 13.7. The summed E-state index contributed by atoms with van der Waals surface area (Å²) >= 11 is 0. The van der Waals surface area contributed by atoms with Crippen LogP contribution in [0.1, 0.15) is 30.1 Å². The molecule has 0 atom stereocenters. The van der Waals surface area contributed by atoms with E-state index in [-0.39, 0.29) is 21.8 Å². The molecule has 0 unspecified atom stereocenters. The summed E-state index contributed by atoms with van der Waals surface area (Å²) in [7, 11) is -3.70. The Bertz CT molecular complexity index is 1020. The highest BCUT2D eigenvalue weighted by atomic mass is 32.2. The van der Waals surface area contributed by atoms with Gasteiger partial charge in [0.15, 0.2) is 0 Å². The summed E-state index contributed by atoms with van der Waals surface area (Å²) in [5, 5.41) is 4.90. The Labute approximate surface area is 162 Å². The first kappa shape index (κ1) is 20.0. The largest absolute Gasteiger partial charge is 0.324 e. The highest BCUT2D eigenvalue weighted by Gasteiger charge is 2.24. The molecule has 1 saturated carbocycles. The van der Waals surface area contributed by atoms with E-state index in [4.69, 9.17) is 0 Å². The topological polar surface area (TPSA) is 104 Å². The van der Waals surface area contributed by atoms with Crippen molar-refractivity contribution in [3.63, 3.8) is 0 Å². The number of amides is 2. The van der Waals surface area contributed by atoms with Gasteiger partial charge in [0, 0.05) is 24.7 Å². The minimum absolute atomic E-state index is 0.00107. The molecule has 148 valence electrons. The van der Waals surface area contributed by atoms with Crippen molar-refractivity contribution >= 4 is 33.2 Å². The lowest BCUT2D eigenvalue weighted by molar-refractivity contribution is -0.114. The monoisotopic (exact) mass is 405 g/mol. The van der Waals surface area contributed by atoms with Crippen LogP contribution in [-0.2, 0) is 14.8 Å². The molecule has 0 heterocycles. The van der Waals surface area contributed by atoms with Crippen LogP contribution in [0.25, 0.3) is 0 Å². The van der Waals surface area contributed by atoms with Gasteiger partial charge in [-0.05, 0) is 55.2 Å². The summed E-state index contributed by atoms with van der Waals surface area (Å²) in [4.78, 5) is 23.6. The normalized spacial score (nSPS) is 13.8. The molecule has 0 aliphatic heterocycles. The summed E-state index contributed by atoms with van der Waals surface area (Å²) in [6.45, 7) is 1.63. The second-order valence-corrected chi connectivity index (χ2v) is 8.42. The highest BCUT2D eigenvalue weighted by Crippen LogP contribution is 2.28. The van der Waals surface area contributed by atoms with E-state index in [2.05, 4.69) is 15.4 Å². The third kappa shape index (κ3) is 5.14. The van der Waals surface area contributed by atoms with Crippen LogP contribution in [0, 0.1) is 11.7 Å². The van der Waals surface area contributed by atoms with E-state index in [1.165, 1.54) is 43.3 Å². The lowest BCUT2D eigenvalue weighted by atomic mass is 10.2. The number of nitrogens with one attached hydrogen (secondary N) is 3. The molecule has 0 bridgehead atoms. The van der Waals surface area contributed by atoms with Crippen molar-refractivity contribution in [3.05, 3.63) is 53.8 Å². The lowest BCUT2D eigenvalue weighted by Crippen LogP contribution is -2.26. The number of anilines is 2. The Morgan fingerprint density at radius 3 is 2.54 bits per heavy atom. The van der Waals surface area contributed by atoms with Crippen LogP contribution >= 0.6 is 0 Å². The molecular formula is C19H20FN3O4S. The standard InChI is InChI=1S/C19H20FN3O4S/c1-12(24)22-18-10-15(7-8-17(18)20)23-19(25)14-3-2-4-16(9-14)28(26,27)21-11-13-5-6-13/h2-4,7-10,13,21H,5-6,11H2,1H3,(H,22,24)(H,23,25). The minimum atomic E-state index is -3.70. The van der Waals surface area contributed by atoms with Gasteiger partial charge in [0.05, 0.1) is 10.6 Å². The van der Waals surface area contributed by atoms with Crippen LogP contribution in [0.3, 0.4) is 0 Å². The van der Waals surface area contributed by atoms with E-state index >= 15 is 0 Å². The quantitative estimate of drug-likeness (QED) is 0.659. The van der Waals surface area contributed by atoms with Crippen molar-refractivity contribution in [1.82, 2.24) is 4.72 Å². The van der Waals surface area contributed by atoms with Gasteiger partial charge in [0.2, 0.25) is 15.9 Å². The molecule has 0 radical (unpaired) electrons. The second kappa shape index (κ2) is 8.07. The molecule has 0 spiro atoms. The first-order valence-electron chi connectivity index (χ1n) is 8.73. The van der Waals surface area contributed by atoms with Gasteiger partial charge in [-0.2, -0.15) is 0 Å². The fourth-order valence-corrected chi connectivity index (χ4v) is 3.69. The number of rotatable bonds is 7. The number of carbonyl (C=O) groups excluding carboxylic acids is 2. The Balaban J connectivity index is 1.75. The number of benzene rings is 2. The van der Waals surface area contributed by atoms with Crippen molar-refractivity contribution in [2.75, 3.05) is 17.2 Å². The van der Waals surface area contributed by atoms with Crippen LogP contribution < -0.4 is 15.4 Å². The Morgan fingerprint density at radius 1 is 1.11 bits per heavy atom. The predicted octanol–water partition coefficient (Wildman–Crippen LogP) is 2.72. The second-order valence-electron chi connectivity index (χ2n) is 6.65. The zero-order valence-corrected chi connectivity index (χ0v) is 16.0. The van der Waals surface area contributed by atoms with E-state index in [0.29, 0.717) is 12.5 Å². The Morgan fingerprint density at radius 2 is 1.86 bits per heavy atom. The Hall–Kier alpha value is -2.78. The van der Waals surface area contributed by atoms with Gasteiger partial charge >= 0.3 is 0 Å². The van der Waals surface area contributed by atoms with Crippen molar-refractivity contribution in [3.8, 4) is 0 Å². The summed E-state index contributed by atoms with van der Waals surface area (Å²) in [5.41, 5.74) is 0.334. The molecule has 2 amide bonds. The number of carbonyl (C=O) groups is 2. The van der Waals surface area contributed by atoms with E-state index in [9.17, 15) is 22.4 Å². The third-order valence-corrected chi connectivity index (χ3v) is 5.62. The highest BCUT2D eigenvalue weighted by molar-refractivity contribution is 7.89. The average Bonchev–Trinajstić information content (AvgIpc) is 3.47. The molecule has 1 aliphatic rings. The Kier molecular flexibility index (Phi) is 5.76. The fraction of sp³-hybridized carbons (Fsp3) is 0.263. The predicted molar refractivity (Wildman–Crippen MR) is 103 cm³/mol. The van der Waals surface area contributed by atoms with Gasteiger partial charge in [-0.1, -0.05) is 6.07 Å². The summed E-state index contributed by atoms with van der Waals surface area (Å²) in [5.74, 6) is -1.25. The number of hydrogen-bond acceptors (Lipinski definition) is 4. The molecule has 0 aromatic heterocycles. The van der Waals surface area contributed by atoms with Crippen molar-refractivity contribution in [2.24, 2.45) is 5.92 Å². The first-order chi connectivity index (χ1) is 13.2. The zero-order chi connectivity index (χ0) is 20.3. The van der Waals surface area contributed by atoms with Crippen LogP contribution in [-0.4, -0.2) is 26.8 Å². The van der Waals surface area contributed by atoms with Gasteiger partial charge in [-0.25, -0.2) is 17.5 Å². The van der Waals surface area contributed by atoms with Gasteiger partial charge in [0.1, 0.15) is 5.82 Å². The molecule has 28 heavy (non-hydrogen) atoms. The summed E-state index contributed by atoms with van der Waals surface area (Å²) in [6.07, 6.45) is 2.03. The average molecular weight is 405 g/mol. The van der Waals surface area contributed by atoms with Crippen LogP contribution in [0.5, 0.6) is 0 Å². The van der Waals surface area contributed by atoms with Gasteiger partial charge in [-0.3, -0.25) is 9.59 Å². The minimum Gasteiger partial charge on any atom is -0.324 e. The summed E-state index contributed by atoms with van der Waals surface area (Å²) < 4.78 is 41.0. The van der Waals surface area contributed by atoms with E-state index in [0.717, 1.165) is 18.9 Å². The molecule has 1 fully saturated rings. The molecule has 2 aromatic carbocycles. The van der Waals surface area contributed by atoms with Gasteiger partial charge in [-0.15, -0.1) is 0 Å². The maximum absolute atomic E-state index is 13.7. The lowest BCUT2D eigenvalue weighted by Gasteiger charge is -2.10. The van der Waals surface area contributed by atoms with Crippen molar-refractivity contribution in [2.45, 2.75) is 24.7 Å². The smallest absolute Gasteiger partial charge is 0.255 e. The molecule has 1 aliphatic carbocycles. The van der Waals surface area contributed by atoms with E-state index in [1.54, 1.807) is 0 Å². The first-order valence-corrected chi connectivity index (χ1v) is 10.2. The summed E-state index contributed by atoms with van der Waals surface area (Å²) in [6, 6.07) is 9.40. The molecule has 2 aromatic rings. The van der Waals surface area contributed by atoms with Crippen LogP contribution in [0.4, 0.5) is 15.8 Å². The number of halogens is 1. The van der Waals surface area contributed by atoms with Crippen LogP contribution in [0.15, 0.2) is 47.4 Å². The van der Waals surface area contributed by atoms with Crippen LogP contribution in [0.2, 0.25) is 0 Å². The number of hydrogen-bond donors (Lipinski definition) is 3. The molecular weight excluding hydrogens is 385 g/mol. The van der Waals surface area contributed by atoms with Crippen molar-refractivity contribution < 1.29 is 22.4 Å². The zero-order valence-electron chi connectivity index (χ0n) is 15.2. The molecule has 9 heteroatoms. The fourth-order valence-electron chi connectivity index (χ4n) is 2.53. The van der Waals surface area contributed by atoms with Crippen molar-refractivity contribution in [1.29, 1.82) is 0 Å². The molecule has 0 saturated heterocycles. The van der Waals surface area contributed by atoms with E-state index < -0.39 is 27.7 Å².